The summed E-state index contributed by atoms with van der Waals surface area (Å²) in [7, 11) is 2.75. The molecule has 0 saturated heterocycles. The van der Waals surface area contributed by atoms with Crippen LogP contribution < -0.4 is 15.2 Å². The molecule has 0 spiro atoms. The van der Waals surface area contributed by atoms with E-state index in [1.165, 1.54) is 32.2 Å². The van der Waals surface area contributed by atoms with Gasteiger partial charge in [-0.15, -0.1) is 5.10 Å². The van der Waals surface area contributed by atoms with E-state index in [0.29, 0.717) is 22.2 Å². The number of nitrogens with zero attached hydrogens (tertiary/aromatic N) is 2. The molecule has 0 radical (unpaired) electrons. The number of carbonyl (C=O) groups is 1. The number of rotatable bonds is 8. The van der Waals surface area contributed by atoms with Crippen LogP contribution in [0.1, 0.15) is 18.1 Å². The number of ether oxygens (including phenoxy) is 3. The van der Waals surface area contributed by atoms with Crippen molar-refractivity contribution in [3.8, 4) is 11.5 Å². The highest BCUT2D eigenvalue weighted by molar-refractivity contribution is 8.13. The second kappa shape index (κ2) is 11.3. The molecule has 0 bridgehead atoms. The van der Waals surface area contributed by atoms with Gasteiger partial charge in [0.2, 0.25) is 0 Å². The van der Waals surface area contributed by atoms with E-state index in [2.05, 4.69) is 14.9 Å². The highest BCUT2D eigenvalue weighted by Crippen LogP contribution is 2.36. The van der Waals surface area contributed by atoms with Gasteiger partial charge in [0.05, 0.1) is 25.5 Å². The fraction of sp³-hybridized carbons (Fsp3) is 0.250. The Kier molecular flexibility index (Phi) is 8.82. The fourth-order valence-electron chi connectivity index (χ4n) is 2.23. The van der Waals surface area contributed by atoms with Crippen molar-refractivity contribution in [2.45, 2.75) is 18.8 Å². The van der Waals surface area contributed by atoms with Crippen molar-refractivity contribution in [3.63, 3.8) is 0 Å². The fourth-order valence-corrected chi connectivity index (χ4v) is 3.11. The average Bonchev–Trinajstić information content (AvgIpc) is 2.73. The van der Waals surface area contributed by atoms with E-state index in [1.54, 1.807) is 19.1 Å². The molecular weight excluding hydrogens is 414 g/mol. The number of thioether (sulfide) groups is 1. The third kappa shape index (κ3) is 6.99. The van der Waals surface area contributed by atoms with E-state index in [1.807, 2.05) is 30.3 Å². The number of carbonyl (C=O) groups excluding carboxylic acids is 1. The van der Waals surface area contributed by atoms with Gasteiger partial charge >= 0.3 is 5.97 Å². The van der Waals surface area contributed by atoms with Gasteiger partial charge in [-0.1, -0.05) is 53.7 Å². The van der Waals surface area contributed by atoms with Crippen LogP contribution in [0.3, 0.4) is 0 Å². The molecule has 0 aliphatic carbocycles. The summed E-state index contributed by atoms with van der Waals surface area (Å²) in [6, 6.07) is 13.2. The second-order valence-corrected chi connectivity index (χ2v) is 7.18. The molecule has 0 aromatic heterocycles. The lowest BCUT2D eigenvalue weighted by atomic mass is 10.2. The molecule has 2 N–H and O–H groups in total. The number of methoxy groups -OCH3 is 2. The van der Waals surface area contributed by atoms with Gasteiger partial charge in [0.15, 0.2) is 22.8 Å². The zero-order valence-electron chi connectivity index (χ0n) is 16.3. The maximum atomic E-state index is 11.6. The van der Waals surface area contributed by atoms with Crippen LogP contribution in [0.5, 0.6) is 11.5 Å². The first-order valence-electron chi connectivity index (χ1n) is 8.59. The van der Waals surface area contributed by atoms with E-state index in [9.17, 15) is 4.79 Å². The Morgan fingerprint density at radius 3 is 2.66 bits per heavy atom. The number of nitrogens with two attached hydrogens (primary N) is 1. The molecule has 2 rings (SSSR count). The first-order valence-corrected chi connectivity index (χ1v) is 9.96. The van der Waals surface area contributed by atoms with E-state index in [4.69, 9.17) is 26.8 Å². The third-order valence-corrected chi connectivity index (χ3v) is 4.81. The largest absolute Gasteiger partial charge is 0.493 e. The van der Waals surface area contributed by atoms with Crippen molar-refractivity contribution in [2.75, 3.05) is 14.2 Å². The van der Waals surface area contributed by atoms with Crippen LogP contribution in [0.4, 0.5) is 0 Å². The summed E-state index contributed by atoms with van der Waals surface area (Å²) in [4.78, 5) is 11.6. The van der Waals surface area contributed by atoms with Crippen LogP contribution >= 0.6 is 23.4 Å². The molecule has 0 heterocycles. The Morgan fingerprint density at radius 1 is 1.28 bits per heavy atom. The minimum Gasteiger partial charge on any atom is -0.493 e. The molecule has 29 heavy (non-hydrogen) atoms. The molecule has 2 aromatic carbocycles. The van der Waals surface area contributed by atoms with Gasteiger partial charge in [0.1, 0.15) is 0 Å². The first-order chi connectivity index (χ1) is 13.9. The molecule has 154 valence electrons. The lowest BCUT2D eigenvalue weighted by molar-refractivity contribution is -0.147. The Bertz CT molecular complexity index is 891. The smallest absolute Gasteiger partial charge is 0.346 e. The van der Waals surface area contributed by atoms with Crippen LogP contribution in [0.2, 0.25) is 5.02 Å². The molecule has 2 aromatic rings. The minimum atomic E-state index is -0.836. The Morgan fingerprint density at radius 2 is 2.00 bits per heavy atom. The molecule has 0 fully saturated rings. The van der Waals surface area contributed by atoms with Gasteiger partial charge in [-0.25, -0.2) is 4.79 Å². The van der Waals surface area contributed by atoms with Gasteiger partial charge in [-0.2, -0.15) is 5.10 Å². The van der Waals surface area contributed by atoms with E-state index >= 15 is 0 Å². The van der Waals surface area contributed by atoms with Gasteiger partial charge in [0, 0.05) is 11.3 Å². The summed E-state index contributed by atoms with van der Waals surface area (Å²) in [5.74, 6) is 0.776. The van der Waals surface area contributed by atoms with Crippen LogP contribution in [0, 0.1) is 0 Å². The Balaban J connectivity index is 2.06. The predicted molar refractivity (Wildman–Crippen MR) is 117 cm³/mol. The molecule has 0 aliphatic heterocycles. The summed E-state index contributed by atoms with van der Waals surface area (Å²) in [6.45, 7) is 1.56. The SMILES string of the molecule is COC(=O)C(C)Oc1c(Cl)cc(C=NN=C(N)SCc2ccccc2)cc1OC. The number of amidine groups is 1. The molecule has 0 saturated carbocycles. The van der Waals surface area contributed by atoms with Crippen molar-refractivity contribution >= 4 is 40.7 Å². The van der Waals surface area contributed by atoms with Crippen molar-refractivity contribution in [1.29, 1.82) is 0 Å². The number of esters is 1. The molecule has 1 unspecified atom stereocenters. The summed E-state index contributed by atoms with van der Waals surface area (Å²) in [5, 5.41) is 8.57. The molecule has 7 nitrogen and oxygen atoms in total. The monoisotopic (exact) mass is 435 g/mol. The van der Waals surface area contributed by atoms with E-state index in [0.717, 1.165) is 5.56 Å². The summed E-state index contributed by atoms with van der Waals surface area (Å²) < 4.78 is 15.5. The molecule has 1 atom stereocenters. The zero-order chi connectivity index (χ0) is 21.2. The number of halogens is 1. The van der Waals surface area contributed by atoms with Gasteiger partial charge in [0.25, 0.3) is 0 Å². The van der Waals surface area contributed by atoms with E-state index in [-0.39, 0.29) is 10.8 Å². The Labute approximate surface area is 178 Å². The van der Waals surface area contributed by atoms with Gasteiger partial charge < -0.3 is 19.9 Å². The highest BCUT2D eigenvalue weighted by Gasteiger charge is 2.20. The molecule has 9 heteroatoms. The maximum absolute atomic E-state index is 11.6. The Hall–Kier alpha value is -2.71. The summed E-state index contributed by atoms with van der Waals surface area (Å²) in [5.41, 5.74) is 7.66. The summed E-state index contributed by atoms with van der Waals surface area (Å²) in [6.07, 6.45) is 0.662. The van der Waals surface area contributed by atoms with Gasteiger partial charge in [-0.05, 0) is 24.6 Å². The minimum absolute atomic E-state index is 0.241. The third-order valence-electron chi connectivity index (χ3n) is 3.67. The topological polar surface area (TPSA) is 95.5 Å². The lowest BCUT2D eigenvalue weighted by Gasteiger charge is -2.16. The second-order valence-electron chi connectivity index (χ2n) is 5.77. The van der Waals surface area contributed by atoms with Crippen LogP contribution in [0.15, 0.2) is 52.7 Å². The highest BCUT2D eigenvalue weighted by atomic mass is 35.5. The van der Waals surface area contributed by atoms with Crippen LogP contribution in [0.25, 0.3) is 0 Å². The summed E-state index contributed by atoms with van der Waals surface area (Å²) >= 11 is 7.67. The lowest BCUT2D eigenvalue weighted by Crippen LogP contribution is -2.25. The van der Waals surface area contributed by atoms with E-state index < -0.39 is 12.1 Å². The quantitative estimate of drug-likeness (QED) is 0.292. The van der Waals surface area contributed by atoms with Crippen LogP contribution in [-0.4, -0.2) is 37.7 Å². The van der Waals surface area contributed by atoms with Crippen molar-refractivity contribution < 1.29 is 19.0 Å². The molecule has 0 amide bonds. The van der Waals surface area contributed by atoms with Crippen LogP contribution in [-0.2, 0) is 15.3 Å². The number of benzene rings is 2. The van der Waals surface area contributed by atoms with Crippen molar-refractivity contribution in [3.05, 3.63) is 58.6 Å². The molecular formula is C20H22ClN3O4S. The predicted octanol–water partition coefficient (Wildman–Crippen LogP) is 3.87. The zero-order valence-corrected chi connectivity index (χ0v) is 17.9. The maximum Gasteiger partial charge on any atom is 0.346 e. The van der Waals surface area contributed by atoms with Crippen molar-refractivity contribution in [2.24, 2.45) is 15.9 Å². The standard InChI is InChI=1S/C20H22ClN3O4S/c1-13(19(25)27-3)28-18-16(21)9-15(10-17(18)26-2)11-23-24-20(22)29-12-14-7-5-4-6-8-14/h4-11,13H,12H2,1-3H3,(H2,22,24). The van der Waals surface area contributed by atoms with Crippen molar-refractivity contribution in [1.82, 2.24) is 0 Å². The average molecular weight is 436 g/mol. The first kappa shape index (κ1) is 22.6. The van der Waals surface area contributed by atoms with Gasteiger partial charge in [-0.3, -0.25) is 0 Å². The number of hydrogen-bond acceptors (Lipinski definition) is 7. The normalized spacial score (nSPS) is 12.6. The molecule has 0 aliphatic rings. The number of hydrogen-bond donors (Lipinski definition) is 1.